The van der Waals surface area contributed by atoms with Gasteiger partial charge in [-0.1, -0.05) is 23.9 Å². The van der Waals surface area contributed by atoms with Crippen LogP contribution in [0.2, 0.25) is 0 Å². The Morgan fingerprint density at radius 1 is 1.58 bits per heavy atom. The number of H-pyrrole nitrogens is 1. The number of hydrogen-bond acceptors (Lipinski definition) is 4. The minimum absolute atomic E-state index is 0.142. The standard InChI is InChI=1S/C12H15FN4OS/c1-2-17-11(18)15-16-12(17)19-10(7-14)8-4-3-5-9(13)6-8/h3-6,10H,2,7,14H2,1H3,(H,15,18). The molecular formula is C12H15FN4OS. The van der Waals surface area contributed by atoms with Crippen molar-refractivity contribution in [2.24, 2.45) is 5.73 Å². The van der Waals surface area contributed by atoms with Crippen LogP contribution in [0.5, 0.6) is 0 Å². The lowest BCUT2D eigenvalue weighted by atomic mass is 10.1. The van der Waals surface area contributed by atoms with E-state index < -0.39 is 0 Å². The fourth-order valence-electron chi connectivity index (χ4n) is 1.76. The molecular weight excluding hydrogens is 267 g/mol. The summed E-state index contributed by atoms with van der Waals surface area (Å²) in [6.07, 6.45) is 0. The summed E-state index contributed by atoms with van der Waals surface area (Å²) in [6.45, 7) is 2.72. The third-order valence-corrected chi connectivity index (χ3v) is 3.99. The van der Waals surface area contributed by atoms with Crippen molar-refractivity contribution in [2.45, 2.75) is 23.9 Å². The van der Waals surface area contributed by atoms with E-state index in [9.17, 15) is 9.18 Å². The first-order valence-corrected chi connectivity index (χ1v) is 6.81. The van der Waals surface area contributed by atoms with Crippen molar-refractivity contribution in [1.82, 2.24) is 14.8 Å². The van der Waals surface area contributed by atoms with Gasteiger partial charge >= 0.3 is 5.69 Å². The monoisotopic (exact) mass is 282 g/mol. The molecule has 1 aromatic heterocycles. The van der Waals surface area contributed by atoms with E-state index >= 15 is 0 Å². The molecule has 7 heteroatoms. The fraction of sp³-hybridized carbons (Fsp3) is 0.333. The second-order valence-corrected chi connectivity index (χ2v) is 5.12. The lowest BCUT2D eigenvalue weighted by Gasteiger charge is -2.14. The van der Waals surface area contributed by atoms with E-state index in [0.717, 1.165) is 5.56 Å². The Hall–Kier alpha value is -1.60. The highest BCUT2D eigenvalue weighted by atomic mass is 32.2. The van der Waals surface area contributed by atoms with Crippen LogP contribution in [0, 0.1) is 5.82 Å². The summed E-state index contributed by atoms with van der Waals surface area (Å²) in [5.41, 5.74) is 6.27. The van der Waals surface area contributed by atoms with E-state index in [0.29, 0.717) is 18.2 Å². The number of aromatic nitrogens is 3. The predicted molar refractivity (Wildman–Crippen MR) is 72.6 cm³/mol. The molecule has 1 aromatic carbocycles. The van der Waals surface area contributed by atoms with Crippen LogP contribution < -0.4 is 11.4 Å². The van der Waals surface area contributed by atoms with Gasteiger partial charge in [-0.3, -0.25) is 4.57 Å². The van der Waals surface area contributed by atoms with Crippen molar-refractivity contribution < 1.29 is 4.39 Å². The molecule has 0 amide bonds. The average Bonchev–Trinajstić information content (AvgIpc) is 2.76. The van der Waals surface area contributed by atoms with Gasteiger partial charge in [-0.05, 0) is 24.6 Å². The molecule has 1 atom stereocenters. The fourth-order valence-corrected chi connectivity index (χ4v) is 2.83. The molecule has 0 bridgehead atoms. The van der Waals surface area contributed by atoms with Crippen LogP contribution >= 0.6 is 11.8 Å². The summed E-state index contributed by atoms with van der Waals surface area (Å²) >= 11 is 1.35. The van der Waals surface area contributed by atoms with Gasteiger partial charge in [0.25, 0.3) is 0 Å². The summed E-state index contributed by atoms with van der Waals surface area (Å²) in [6, 6.07) is 6.30. The SMILES string of the molecule is CCn1c(SC(CN)c2cccc(F)c2)n[nH]c1=O. The van der Waals surface area contributed by atoms with Crippen molar-refractivity contribution in [3.05, 3.63) is 46.1 Å². The summed E-state index contributed by atoms with van der Waals surface area (Å²) in [4.78, 5) is 11.5. The zero-order valence-corrected chi connectivity index (χ0v) is 11.3. The molecule has 0 aliphatic carbocycles. The zero-order chi connectivity index (χ0) is 13.8. The van der Waals surface area contributed by atoms with Crippen molar-refractivity contribution in [2.75, 3.05) is 6.54 Å². The number of nitrogens with zero attached hydrogens (tertiary/aromatic N) is 2. The van der Waals surface area contributed by atoms with Crippen molar-refractivity contribution in [3.8, 4) is 0 Å². The molecule has 0 spiro atoms. The van der Waals surface area contributed by atoms with E-state index in [1.54, 1.807) is 6.07 Å². The number of nitrogens with one attached hydrogen (secondary N) is 1. The topological polar surface area (TPSA) is 76.7 Å². The molecule has 5 nitrogen and oxygen atoms in total. The third-order valence-electron chi connectivity index (χ3n) is 2.72. The highest BCUT2D eigenvalue weighted by Crippen LogP contribution is 2.32. The molecule has 19 heavy (non-hydrogen) atoms. The molecule has 102 valence electrons. The number of nitrogens with two attached hydrogens (primary N) is 1. The normalized spacial score (nSPS) is 12.6. The number of rotatable bonds is 5. The van der Waals surface area contributed by atoms with Crippen LogP contribution in [0.3, 0.4) is 0 Å². The molecule has 0 saturated carbocycles. The Kier molecular flexibility index (Phi) is 4.39. The number of aromatic amines is 1. The molecule has 0 fully saturated rings. The van der Waals surface area contributed by atoms with Crippen molar-refractivity contribution in [3.63, 3.8) is 0 Å². The largest absolute Gasteiger partial charge is 0.343 e. The minimum atomic E-state index is -0.300. The predicted octanol–water partition coefficient (Wildman–Crippen LogP) is 1.52. The molecule has 0 saturated heterocycles. The van der Waals surface area contributed by atoms with E-state index in [1.807, 2.05) is 13.0 Å². The first-order chi connectivity index (χ1) is 9.15. The maximum absolute atomic E-state index is 13.2. The molecule has 0 aliphatic rings. The smallest absolute Gasteiger partial charge is 0.329 e. The maximum Gasteiger partial charge on any atom is 0.343 e. The first kappa shape index (κ1) is 13.8. The number of hydrogen-bond donors (Lipinski definition) is 2. The van der Waals surface area contributed by atoms with Gasteiger partial charge < -0.3 is 5.73 Å². The Balaban J connectivity index is 2.26. The molecule has 3 N–H and O–H groups in total. The van der Waals surface area contributed by atoms with E-state index in [2.05, 4.69) is 10.2 Å². The van der Waals surface area contributed by atoms with E-state index in [1.165, 1.54) is 28.5 Å². The van der Waals surface area contributed by atoms with Gasteiger partial charge in [-0.25, -0.2) is 14.3 Å². The van der Waals surface area contributed by atoms with Crippen molar-refractivity contribution >= 4 is 11.8 Å². The molecule has 2 rings (SSSR count). The second kappa shape index (κ2) is 6.03. The quantitative estimate of drug-likeness (QED) is 0.815. The Bertz CT molecular complexity index is 610. The molecule has 0 aliphatic heterocycles. The van der Waals surface area contributed by atoms with Crippen LogP contribution in [0.25, 0.3) is 0 Å². The highest BCUT2D eigenvalue weighted by molar-refractivity contribution is 7.99. The van der Waals surface area contributed by atoms with Crippen molar-refractivity contribution in [1.29, 1.82) is 0 Å². The van der Waals surface area contributed by atoms with Gasteiger partial charge in [0.15, 0.2) is 5.16 Å². The summed E-state index contributed by atoms with van der Waals surface area (Å²) < 4.78 is 14.7. The maximum atomic E-state index is 13.2. The van der Waals surface area contributed by atoms with Crippen LogP contribution in [-0.2, 0) is 6.54 Å². The average molecular weight is 282 g/mol. The Morgan fingerprint density at radius 3 is 3.00 bits per heavy atom. The minimum Gasteiger partial charge on any atom is -0.329 e. The number of halogens is 1. The lowest BCUT2D eigenvalue weighted by molar-refractivity contribution is 0.624. The first-order valence-electron chi connectivity index (χ1n) is 5.93. The second-order valence-electron chi connectivity index (χ2n) is 3.95. The summed E-state index contributed by atoms with van der Waals surface area (Å²) in [5, 5.41) is 6.78. The molecule has 0 radical (unpaired) electrons. The Labute approximate surface area is 114 Å². The molecule has 2 aromatic rings. The van der Waals surface area contributed by atoms with Gasteiger partial charge in [0.05, 0.1) is 0 Å². The summed E-state index contributed by atoms with van der Waals surface area (Å²) in [5.74, 6) is -0.300. The van der Waals surface area contributed by atoms with Gasteiger partial charge in [-0.2, -0.15) is 0 Å². The van der Waals surface area contributed by atoms with Crippen LogP contribution in [0.1, 0.15) is 17.7 Å². The number of thioether (sulfide) groups is 1. The van der Waals surface area contributed by atoms with Crippen LogP contribution in [-0.4, -0.2) is 21.3 Å². The van der Waals surface area contributed by atoms with E-state index in [-0.39, 0.29) is 16.8 Å². The van der Waals surface area contributed by atoms with E-state index in [4.69, 9.17) is 5.73 Å². The van der Waals surface area contributed by atoms with Gasteiger partial charge in [0, 0.05) is 18.3 Å². The highest BCUT2D eigenvalue weighted by Gasteiger charge is 2.16. The molecule has 1 unspecified atom stereocenters. The third kappa shape index (κ3) is 3.05. The van der Waals surface area contributed by atoms with Crippen LogP contribution in [0.4, 0.5) is 4.39 Å². The summed E-state index contributed by atoms with van der Waals surface area (Å²) in [7, 11) is 0. The van der Waals surface area contributed by atoms with Gasteiger partial charge in [0.2, 0.25) is 0 Å². The van der Waals surface area contributed by atoms with Gasteiger partial charge in [-0.15, -0.1) is 5.10 Å². The number of benzene rings is 1. The molecule has 1 heterocycles. The van der Waals surface area contributed by atoms with Gasteiger partial charge in [0.1, 0.15) is 5.82 Å². The zero-order valence-electron chi connectivity index (χ0n) is 10.5. The lowest BCUT2D eigenvalue weighted by Crippen LogP contribution is -2.17. The van der Waals surface area contributed by atoms with Crippen LogP contribution in [0.15, 0.2) is 34.2 Å². The Morgan fingerprint density at radius 2 is 2.37 bits per heavy atom.